The molecule has 1 unspecified atom stereocenters. The summed E-state index contributed by atoms with van der Waals surface area (Å²) in [5.41, 5.74) is 4.28. The molecule has 26 heavy (non-hydrogen) atoms. The van der Waals surface area contributed by atoms with Gasteiger partial charge in [0.2, 0.25) is 0 Å². The van der Waals surface area contributed by atoms with E-state index in [0.29, 0.717) is 0 Å². The Morgan fingerprint density at radius 2 is 1.77 bits per heavy atom. The Hall–Kier alpha value is -2.06. The molecular weight excluding hydrogens is 316 g/mol. The smallest absolute Gasteiger partial charge is 0.0340 e. The van der Waals surface area contributed by atoms with Gasteiger partial charge in [-0.05, 0) is 68.5 Å². The van der Waals surface area contributed by atoms with Crippen LogP contribution < -0.4 is 10.6 Å². The number of anilines is 1. The van der Waals surface area contributed by atoms with E-state index < -0.39 is 0 Å². The van der Waals surface area contributed by atoms with Crippen LogP contribution in [0, 0.1) is 5.41 Å². The summed E-state index contributed by atoms with van der Waals surface area (Å²) in [5, 5.41) is 7.09. The molecule has 3 rings (SSSR count). The van der Waals surface area contributed by atoms with Crippen LogP contribution in [0.15, 0.2) is 66.7 Å². The Morgan fingerprint density at radius 3 is 2.46 bits per heavy atom. The molecule has 0 saturated heterocycles. The van der Waals surface area contributed by atoms with Crippen molar-refractivity contribution in [3.8, 4) is 0 Å². The molecule has 0 radical (unpaired) electrons. The van der Waals surface area contributed by atoms with Crippen molar-refractivity contribution in [2.75, 3.05) is 25.0 Å². The number of nitrogens with one attached hydrogen (secondary N) is 2. The fourth-order valence-corrected chi connectivity index (χ4v) is 3.83. The van der Waals surface area contributed by atoms with E-state index in [9.17, 15) is 0 Å². The lowest BCUT2D eigenvalue weighted by Crippen LogP contribution is -2.31. The normalized spacial score (nSPS) is 19.4. The molecular formula is C24H32N2. The van der Waals surface area contributed by atoms with Gasteiger partial charge in [0.25, 0.3) is 0 Å². The van der Waals surface area contributed by atoms with Crippen LogP contribution in [0.5, 0.6) is 0 Å². The Morgan fingerprint density at radius 1 is 0.962 bits per heavy atom. The van der Waals surface area contributed by atoms with Crippen LogP contribution in [0.2, 0.25) is 0 Å². The largest absolute Gasteiger partial charge is 0.384 e. The zero-order valence-corrected chi connectivity index (χ0v) is 16.0. The van der Waals surface area contributed by atoms with E-state index in [-0.39, 0.29) is 5.41 Å². The number of benzene rings is 2. The topological polar surface area (TPSA) is 24.1 Å². The predicted octanol–water partition coefficient (Wildman–Crippen LogP) is 5.22. The second kappa shape index (κ2) is 9.59. The molecule has 2 nitrogen and oxygen atoms in total. The first-order valence-electron chi connectivity index (χ1n) is 10.0. The quantitative estimate of drug-likeness (QED) is 0.479. The van der Waals surface area contributed by atoms with E-state index in [4.69, 9.17) is 0 Å². The first kappa shape index (κ1) is 18.7. The maximum Gasteiger partial charge on any atom is 0.0340 e. The maximum atomic E-state index is 3.70. The minimum absolute atomic E-state index is 0.226. The molecule has 0 bridgehead atoms. The molecule has 0 aromatic heterocycles. The van der Waals surface area contributed by atoms with Gasteiger partial charge in [0, 0.05) is 17.6 Å². The minimum atomic E-state index is 0.226. The summed E-state index contributed by atoms with van der Waals surface area (Å²) in [7, 11) is 0. The molecule has 2 aromatic rings. The summed E-state index contributed by atoms with van der Waals surface area (Å²) in [5.74, 6) is 0. The average Bonchev–Trinajstić information content (AvgIpc) is 2.69. The van der Waals surface area contributed by atoms with Crippen molar-refractivity contribution in [2.24, 2.45) is 5.41 Å². The zero-order valence-electron chi connectivity index (χ0n) is 16.0. The summed E-state index contributed by atoms with van der Waals surface area (Å²) in [6.07, 6.45) is 10.8. The highest BCUT2D eigenvalue weighted by Gasteiger charge is 2.28. The molecule has 2 aromatic carbocycles. The molecule has 0 heterocycles. The molecule has 0 aliphatic heterocycles. The fraction of sp³-hybridized carbons (Fsp3) is 0.417. The van der Waals surface area contributed by atoms with E-state index in [1.165, 1.54) is 36.1 Å². The minimum Gasteiger partial charge on any atom is -0.384 e. The fourth-order valence-electron chi connectivity index (χ4n) is 3.83. The molecule has 138 valence electrons. The van der Waals surface area contributed by atoms with E-state index in [2.05, 4.69) is 84.3 Å². The second-order valence-electron chi connectivity index (χ2n) is 7.47. The second-order valence-corrected chi connectivity index (χ2v) is 7.47. The molecule has 0 spiro atoms. The highest BCUT2D eigenvalue weighted by Crippen LogP contribution is 2.35. The van der Waals surface area contributed by atoms with Gasteiger partial charge < -0.3 is 10.6 Å². The standard InChI is InChI=1S/C24H32N2/c1-2-25-18-15-21-11-13-23(14-12-21)26-20-24(16-7-4-8-17-24)19-22-9-5-3-6-10-22/h3,5-7,9-14,16,25-26H,2,4,8,15,17-20H2,1H3. The number of allylic oxidation sites excluding steroid dienone is 1. The highest BCUT2D eigenvalue weighted by atomic mass is 14.9. The number of hydrogen-bond acceptors (Lipinski definition) is 2. The van der Waals surface area contributed by atoms with E-state index in [0.717, 1.165) is 32.5 Å². The molecule has 1 aliphatic carbocycles. The van der Waals surface area contributed by atoms with Crippen LogP contribution in [0.1, 0.15) is 37.3 Å². The van der Waals surface area contributed by atoms with Crippen molar-refractivity contribution < 1.29 is 0 Å². The van der Waals surface area contributed by atoms with Gasteiger partial charge >= 0.3 is 0 Å². The summed E-state index contributed by atoms with van der Waals surface area (Å²) in [4.78, 5) is 0. The highest BCUT2D eigenvalue weighted by molar-refractivity contribution is 5.45. The number of likely N-dealkylation sites (N-methyl/N-ethyl adjacent to an activating group) is 1. The van der Waals surface area contributed by atoms with Crippen molar-refractivity contribution in [3.05, 3.63) is 77.9 Å². The SMILES string of the molecule is CCNCCc1ccc(NCC2(Cc3ccccc3)C=CCCC2)cc1. The molecule has 0 amide bonds. The molecule has 1 atom stereocenters. The van der Waals surface area contributed by atoms with Gasteiger partial charge in [-0.15, -0.1) is 0 Å². The van der Waals surface area contributed by atoms with Crippen LogP contribution >= 0.6 is 0 Å². The summed E-state index contributed by atoms with van der Waals surface area (Å²) in [6, 6.07) is 19.9. The van der Waals surface area contributed by atoms with Crippen LogP contribution in [-0.4, -0.2) is 19.6 Å². The molecule has 2 N–H and O–H groups in total. The molecule has 0 saturated carbocycles. The van der Waals surface area contributed by atoms with Crippen LogP contribution in [-0.2, 0) is 12.8 Å². The third-order valence-corrected chi connectivity index (χ3v) is 5.35. The van der Waals surface area contributed by atoms with Gasteiger partial charge in [0.05, 0.1) is 0 Å². The third kappa shape index (κ3) is 5.47. The van der Waals surface area contributed by atoms with Gasteiger partial charge in [0.15, 0.2) is 0 Å². The summed E-state index contributed by atoms with van der Waals surface area (Å²) in [6.45, 7) is 5.23. The lowest BCUT2D eigenvalue weighted by molar-refractivity contribution is 0.346. The predicted molar refractivity (Wildman–Crippen MR) is 113 cm³/mol. The van der Waals surface area contributed by atoms with Crippen LogP contribution in [0.25, 0.3) is 0 Å². The van der Waals surface area contributed by atoms with Crippen molar-refractivity contribution in [1.82, 2.24) is 5.32 Å². The monoisotopic (exact) mass is 348 g/mol. The average molecular weight is 349 g/mol. The third-order valence-electron chi connectivity index (χ3n) is 5.35. The van der Waals surface area contributed by atoms with Gasteiger partial charge in [-0.25, -0.2) is 0 Å². The van der Waals surface area contributed by atoms with Crippen LogP contribution in [0.4, 0.5) is 5.69 Å². The van der Waals surface area contributed by atoms with E-state index in [1.54, 1.807) is 0 Å². The molecule has 2 heteroatoms. The van der Waals surface area contributed by atoms with Crippen LogP contribution in [0.3, 0.4) is 0 Å². The lowest BCUT2D eigenvalue weighted by Gasteiger charge is -2.34. The Balaban J connectivity index is 1.61. The van der Waals surface area contributed by atoms with Crippen molar-refractivity contribution in [1.29, 1.82) is 0 Å². The summed E-state index contributed by atoms with van der Waals surface area (Å²) < 4.78 is 0. The van der Waals surface area contributed by atoms with E-state index >= 15 is 0 Å². The Bertz CT molecular complexity index is 675. The maximum absolute atomic E-state index is 3.70. The van der Waals surface area contributed by atoms with Crippen molar-refractivity contribution in [2.45, 2.75) is 39.0 Å². The number of hydrogen-bond donors (Lipinski definition) is 2. The summed E-state index contributed by atoms with van der Waals surface area (Å²) >= 11 is 0. The van der Waals surface area contributed by atoms with E-state index in [1.807, 2.05) is 0 Å². The van der Waals surface area contributed by atoms with Crippen molar-refractivity contribution in [3.63, 3.8) is 0 Å². The first-order chi connectivity index (χ1) is 12.8. The zero-order chi connectivity index (χ0) is 18.1. The van der Waals surface area contributed by atoms with Gasteiger partial charge in [0.1, 0.15) is 0 Å². The number of rotatable bonds is 9. The Labute approximate surface area is 158 Å². The Kier molecular flexibility index (Phi) is 6.90. The molecule has 1 aliphatic rings. The van der Waals surface area contributed by atoms with Gasteiger partial charge in [-0.1, -0.05) is 61.5 Å². The van der Waals surface area contributed by atoms with Gasteiger partial charge in [-0.3, -0.25) is 0 Å². The van der Waals surface area contributed by atoms with Crippen molar-refractivity contribution >= 4 is 5.69 Å². The lowest BCUT2D eigenvalue weighted by atomic mass is 9.74. The molecule has 0 fully saturated rings. The van der Waals surface area contributed by atoms with Gasteiger partial charge in [-0.2, -0.15) is 0 Å². The first-order valence-corrected chi connectivity index (χ1v) is 10.0.